The molecule has 0 saturated carbocycles. The topological polar surface area (TPSA) is 79.9 Å². The smallest absolute Gasteiger partial charge is 0.237 e. The third kappa shape index (κ3) is 5.41. The Morgan fingerprint density at radius 3 is 2.75 bits per heavy atom. The lowest BCUT2D eigenvalue weighted by Gasteiger charge is -2.12. The number of carbonyl (C=O) groups excluding carboxylic acids is 1. The fourth-order valence-electron chi connectivity index (χ4n) is 2.27. The molecule has 2 aromatic carbocycles. The molecule has 3 aromatic rings. The molecule has 2 N–H and O–H groups in total. The Hall–Kier alpha value is -2.22. The number of nitrogens with zero attached hydrogens (tertiary/aromatic N) is 2. The van der Waals surface area contributed by atoms with E-state index < -0.39 is 0 Å². The highest BCUT2D eigenvalue weighted by Gasteiger charge is 2.18. The Morgan fingerprint density at radius 1 is 1.25 bits per heavy atom. The fourth-order valence-corrected chi connectivity index (χ4v) is 3.31. The van der Waals surface area contributed by atoms with Crippen molar-refractivity contribution in [1.82, 2.24) is 15.2 Å². The number of nitrogens with one attached hydrogen (secondary N) is 2. The summed E-state index contributed by atoms with van der Waals surface area (Å²) in [5.41, 5.74) is 1.52. The number of ether oxygens (including phenoxy) is 1. The third-order valence-electron chi connectivity index (χ3n) is 3.88. The number of thioether (sulfide) groups is 1. The van der Waals surface area contributed by atoms with E-state index in [9.17, 15) is 4.79 Å². The Bertz CT molecular complexity index is 963. The number of aromatic nitrogens is 3. The van der Waals surface area contributed by atoms with Crippen LogP contribution in [-0.4, -0.2) is 26.3 Å². The molecule has 28 heavy (non-hydrogen) atoms. The normalized spacial score (nSPS) is 11.9. The van der Waals surface area contributed by atoms with Gasteiger partial charge in [0.2, 0.25) is 11.1 Å². The van der Waals surface area contributed by atoms with E-state index in [0.29, 0.717) is 32.5 Å². The molecular weight excluding hydrogens is 419 g/mol. The van der Waals surface area contributed by atoms with E-state index in [-0.39, 0.29) is 17.8 Å². The molecule has 3 rings (SSSR count). The van der Waals surface area contributed by atoms with Gasteiger partial charge in [-0.1, -0.05) is 41.0 Å². The van der Waals surface area contributed by atoms with Crippen LogP contribution in [0.4, 0.5) is 5.69 Å². The van der Waals surface area contributed by atoms with Crippen LogP contribution in [0.5, 0.6) is 5.75 Å². The summed E-state index contributed by atoms with van der Waals surface area (Å²) in [5, 5.41) is 11.2. The number of rotatable bonds is 7. The van der Waals surface area contributed by atoms with Crippen molar-refractivity contribution < 1.29 is 9.53 Å². The summed E-state index contributed by atoms with van der Waals surface area (Å²) >= 11 is 13.2. The lowest BCUT2D eigenvalue weighted by atomic mass is 10.2. The average Bonchev–Trinajstić information content (AvgIpc) is 3.12. The van der Waals surface area contributed by atoms with Crippen molar-refractivity contribution in [3.8, 4) is 5.75 Å². The van der Waals surface area contributed by atoms with Gasteiger partial charge in [0.05, 0.1) is 5.25 Å². The van der Waals surface area contributed by atoms with E-state index in [1.165, 1.54) is 11.8 Å². The zero-order valence-corrected chi connectivity index (χ0v) is 17.5. The molecule has 1 heterocycles. The average molecular weight is 437 g/mol. The first kappa shape index (κ1) is 20.5. The minimum Gasteiger partial charge on any atom is -0.486 e. The number of anilines is 1. The number of H-pyrrole nitrogens is 1. The highest BCUT2D eigenvalue weighted by atomic mass is 35.5. The maximum atomic E-state index is 12.4. The summed E-state index contributed by atoms with van der Waals surface area (Å²) in [5.74, 6) is 1.09. The summed E-state index contributed by atoms with van der Waals surface area (Å²) in [6.07, 6.45) is 0. The van der Waals surface area contributed by atoms with Crippen LogP contribution >= 0.6 is 35.0 Å². The minimum absolute atomic E-state index is 0.154. The van der Waals surface area contributed by atoms with Crippen molar-refractivity contribution >= 4 is 46.6 Å². The van der Waals surface area contributed by atoms with Crippen LogP contribution < -0.4 is 10.1 Å². The summed E-state index contributed by atoms with van der Waals surface area (Å²) in [4.78, 5) is 16.8. The molecule has 1 aromatic heterocycles. The monoisotopic (exact) mass is 436 g/mol. The van der Waals surface area contributed by atoms with Gasteiger partial charge in [0.1, 0.15) is 12.4 Å². The van der Waals surface area contributed by atoms with Crippen molar-refractivity contribution in [2.24, 2.45) is 0 Å². The van der Waals surface area contributed by atoms with Crippen molar-refractivity contribution in [1.29, 1.82) is 0 Å². The molecule has 1 unspecified atom stereocenters. The lowest BCUT2D eigenvalue weighted by Crippen LogP contribution is -2.23. The number of hydrogen-bond acceptors (Lipinski definition) is 5. The largest absolute Gasteiger partial charge is 0.486 e. The SMILES string of the molecule is Cc1c(Cl)cccc1NC(=O)C(C)Sc1n[nH]c(COc2ccc(Cl)cc2)n1. The first-order valence-electron chi connectivity index (χ1n) is 8.44. The molecule has 0 radical (unpaired) electrons. The van der Waals surface area contributed by atoms with E-state index in [1.54, 1.807) is 43.3 Å². The highest BCUT2D eigenvalue weighted by Crippen LogP contribution is 2.25. The van der Waals surface area contributed by atoms with Gasteiger partial charge in [-0.3, -0.25) is 9.89 Å². The molecule has 0 bridgehead atoms. The molecule has 9 heteroatoms. The second-order valence-electron chi connectivity index (χ2n) is 5.97. The first-order chi connectivity index (χ1) is 13.4. The summed E-state index contributed by atoms with van der Waals surface area (Å²) in [6, 6.07) is 12.4. The zero-order valence-electron chi connectivity index (χ0n) is 15.2. The number of halogens is 2. The van der Waals surface area contributed by atoms with Crippen molar-refractivity contribution in [3.05, 3.63) is 63.9 Å². The fraction of sp³-hybridized carbons (Fsp3) is 0.211. The Labute approximate surface area is 177 Å². The quantitative estimate of drug-likeness (QED) is 0.502. The zero-order chi connectivity index (χ0) is 20.1. The second kappa shape index (κ2) is 9.32. The van der Waals surface area contributed by atoms with E-state index in [4.69, 9.17) is 27.9 Å². The van der Waals surface area contributed by atoms with Crippen LogP contribution in [0.2, 0.25) is 10.0 Å². The third-order valence-corrected chi connectivity index (χ3v) is 5.50. The van der Waals surface area contributed by atoms with Gasteiger partial charge >= 0.3 is 0 Å². The molecule has 0 aliphatic carbocycles. The molecular formula is C19H18Cl2N4O2S. The molecule has 0 spiro atoms. The molecule has 0 aliphatic rings. The van der Waals surface area contributed by atoms with Crippen LogP contribution in [0.15, 0.2) is 47.6 Å². The second-order valence-corrected chi connectivity index (χ2v) is 8.12. The number of benzene rings is 2. The number of amides is 1. The Balaban J connectivity index is 1.54. The van der Waals surface area contributed by atoms with Gasteiger partial charge in [0, 0.05) is 15.7 Å². The summed E-state index contributed by atoms with van der Waals surface area (Å²) in [6.45, 7) is 3.88. The minimum atomic E-state index is -0.390. The van der Waals surface area contributed by atoms with Crippen molar-refractivity contribution in [3.63, 3.8) is 0 Å². The van der Waals surface area contributed by atoms with E-state index in [0.717, 1.165) is 5.56 Å². The number of hydrogen-bond donors (Lipinski definition) is 2. The lowest BCUT2D eigenvalue weighted by molar-refractivity contribution is -0.115. The van der Waals surface area contributed by atoms with Crippen LogP contribution in [0, 0.1) is 6.92 Å². The Morgan fingerprint density at radius 2 is 2.00 bits per heavy atom. The van der Waals surface area contributed by atoms with Gasteiger partial charge in [-0.2, -0.15) is 0 Å². The standard InChI is InChI=1S/C19H18Cl2N4O2S/c1-11-15(21)4-3-5-16(11)22-18(26)12(2)28-19-23-17(24-25-19)10-27-14-8-6-13(20)7-9-14/h3-9,12H,10H2,1-2H3,(H,22,26)(H,23,24,25). The van der Waals surface area contributed by atoms with E-state index in [1.807, 2.05) is 13.0 Å². The van der Waals surface area contributed by atoms with Gasteiger partial charge in [0.25, 0.3) is 0 Å². The summed E-state index contributed by atoms with van der Waals surface area (Å²) < 4.78 is 5.62. The molecule has 6 nitrogen and oxygen atoms in total. The van der Waals surface area contributed by atoms with Gasteiger partial charge in [-0.05, 0) is 55.8 Å². The van der Waals surface area contributed by atoms with Gasteiger partial charge < -0.3 is 10.1 Å². The van der Waals surface area contributed by atoms with Gasteiger partial charge in [-0.15, -0.1) is 5.10 Å². The predicted molar refractivity (Wildman–Crippen MR) is 112 cm³/mol. The highest BCUT2D eigenvalue weighted by molar-refractivity contribution is 8.00. The maximum Gasteiger partial charge on any atom is 0.237 e. The van der Waals surface area contributed by atoms with E-state index >= 15 is 0 Å². The molecule has 1 amide bonds. The molecule has 0 saturated heterocycles. The van der Waals surface area contributed by atoms with Crippen molar-refractivity contribution in [2.75, 3.05) is 5.32 Å². The van der Waals surface area contributed by atoms with Gasteiger partial charge in [-0.25, -0.2) is 4.98 Å². The predicted octanol–water partition coefficient (Wildman–Crippen LogP) is 5.12. The molecule has 1 atom stereocenters. The first-order valence-corrected chi connectivity index (χ1v) is 10.1. The van der Waals surface area contributed by atoms with Crippen LogP contribution in [-0.2, 0) is 11.4 Å². The molecule has 0 aliphatic heterocycles. The van der Waals surface area contributed by atoms with Gasteiger partial charge in [0.15, 0.2) is 5.82 Å². The molecule has 0 fully saturated rings. The van der Waals surface area contributed by atoms with E-state index in [2.05, 4.69) is 20.5 Å². The van der Waals surface area contributed by atoms with Crippen molar-refractivity contribution in [2.45, 2.75) is 30.9 Å². The summed E-state index contributed by atoms with van der Waals surface area (Å²) in [7, 11) is 0. The number of aromatic amines is 1. The Kier molecular flexibility index (Phi) is 6.83. The molecule has 146 valence electrons. The van der Waals surface area contributed by atoms with Crippen LogP contribution in [0.25, 0.3) is 0 Å². The number of carbonyl (C=O) groups is 1. The van der Waals surface area contributed by atoms with Crippen LogP contribution in [0.1, 0.15) is 18.3 Å². The maximum absolute atomic E-state index is 12.4. The van der Waals surface area contributed by atoms with Crippen LogP contribution in [0.3, 0.4) is 0 Å².